The van der Waals surface area contributed by atoms with Gasteiger partial charge in [0.05, 0.1) is 6.61 Å². The maximum Gasteiger partial charge on any atom is 0.162 e. The lowest BCUT2D eigenvalue weighted by Gasteiger charge is -2.23. The van der Waals surface area contributed by atoms with Crippen molar-refractivity contribution in [1.29, 1.82) is 0 Å². The normalized spacial score (nSPS) is 11.4. The van der Waals surface area contributed by atoms with Crippen LogP contribution < -0.4 is 10.5 Å². The molecule has 3 nitrogen and oxygen atoms in total. The number of benzene rings is 1. The molecule has 0 spiro atoms. The summed E-state index contributed by atoms with van der Waals surface area (Å²) >= 11 is 0. The molecule has 0 saturated heterocycles. The van der Waals surface area contributed by atoms with Crippen molar-refractivity contribution in [2.75, 3.05) is 13.2 Å². The van der Waals surface area contributed by atoms with Crippen molar-refractivity contribution in [2.45, 2.75) is 46.5 Å². The number of ketones is 1. The number of carbonyl (C=O) groups excluding carboxylic acids is 1. The number of hydrogen-bond donors (Lipinski definition) is 1. The van der Waals surface area contributed by atoms with Crippen LogP contribution in [0.15, 0.2) is 24.3 Å². The minimum absolute atomic E-state index is 0.134. The number of nitrogens with two attached hydrogens (primary N) is 1. The lowest BCUT2D eigenvalue weighted by atomic mass is 9.83. The lowest BCUT2D eigenvalue weighted by Crippen LogP contribution is -2.18. The number of rotatable bonds is 9. The van der Waals surface area contributed by atoms with Gasteiger partial charge in [-0.25, -0.2) is 0 Å². The van der Waals surface area contributed by atoms with Crippen molar-refractivity contribution in [3.8, 4) is 5.75 Å². The minimum atomic E-state index is 0.134. The molecule has 1 rings (SSSR count). The summed E-state index contributed by atoms with van der Waals surface area (Å²) in [7, 11) is 0. The van der Waals surface area contributed by atoms with Crippen LogP contribution in [0.5, 0.6) is 5.75 Å². The molecule has 0 aromatic heterocycles. The molecule has 0 saturated carbocycles. The average molecular weight is 277 g/mol. The summed E-state index contributed by atoms with van der Waals surface area (Å²) in [6.45, 7) is 7.77. The fraction of sp³-hybridized carbons (Fsp3) is 0.588. The van der Waals surface area contributed by atoms with Crippen LogP contribution in [0.3, 0.4) is 0 Å². The van der Waals surface area contributed by atoms with E-state index in [2.05, 4.69) is 20.8 Å². The van der Waals surface area contributed by atoms with Crippen molar-refractivity contribution in [3.63, 3.8) is 0 Å². The third kappa shape index (κ3) is 5.74. The molecule has 0 aliphatic carbocycles. The van der Waals surface area contributed by atoms with Crippen LogP contribution in [-0.4, -0.2) is 18.9 Å². The molecule has 1 aromatic rings. The Morgan fingerprint density at radius 1 is 1.20 bits per heavy atom. The van der Waals surface area contributed by atoms with E-state index in [0.29, 0.717) is 19.6 Å². The molecule has 0 unspecified atom stereocenters. The van der Waals surface area contributed by atoms with E-state index in [1.807, 2.05) is 24.3 Å². The van der Waals surface area contributed by atoms with Crippen LogP contribution in [0.4, 0.5) is 0 Å². The highest BCUT2D eigenvalue weighted by molar-refractivity contribution is 5.96. The Morgan fingerprint density at radius 3 is 2.40 bits per heavy atom. The predicted octanol–water partition coefficient (Wildman–Crippen LogP) is 3.81. The fourth-order valence-electron chi connectivity index (χ4n) is 2.07. The highest BCUT2D eigenvalue weighted by Gasteiger charge is 2.18. The van der Waals surface area contributed by atoms with Gasteiger partial charge in [-0.15, -0.1) is 0 Å². The Labute approximate surface area is 122 Å². The Bertz CT molecular complexity index is 410. The Hall–Kier alpha value is -1.35. The van der Waals surface area contributed by atoms with Crippen LogP contribution in [0.2, 0.25) is 0 Å². The summed E-state index contributed by atoms with van der Waals surface area (Å²) in [5, 5.41) is 0. The molecule has 2 N–H and O–H groups in total. The van der Waals surface area contributed by atoms with Gasteiger partial charge in [0.2, 0.25) is 0 Å². The van der Waals surface area contributed by atoms with Crippen LogP contribution in [-0.2, 0) is 0 Å². The summed E-state index contributed by atoms with van der Waals surface area (Å²) in [5.74, 6) is 1.02. The Morgan fingerprint density at radius 2 is 1.85 bits per heavy atom. The van der Waals surface area contributed by atoms with E-state index in [1.165, 1.54) is 0 Å². The third-order valence-corrected chi connectivity index (χ3v) is 3.50. The van der Waals surface area contributed by atoms with Gasteiger partial charge in [0.15, 0.2) is 5.78 Å². The molecule has 20 heavy (non-hydrogen) atoms. The highest BCUT2D eigenvalue weighted by Crippen LogP contribution is 2.27. The molecule has 1 aromatic carbocycles. The first kappa shape index (κ1) is 16.7. The molecule has 0 fully saturated rings. The molecule has 0 amide bonds. The van der Waals surface area contributed by atoms with Crippen LogP contribution in [0.25, 0.3) is 0 Å². The quantitative estimate of drug-likeness (QED) is 0.698. The Kier molecular flexibility index (Phi) is 6.73. The van der Waals surface area contributed by atoms with E-state index in [1.54, 1.807) is 0 Å². The fourth-order valence-corrected chi connectivity index (χ4v) is 2.07. The van der Waals surface area contributed by atoms with E-state index in [-0.39, 0.29) is 11.2 Å². The average Bonchev–Trinajstić information content (AvgIpc) is 2.43. The van der Waals surface area contributed by atoms with Gasteiger partial charge in [0.1, 0.15) is 5.75 Å². The smallest absolute Gasteiger partial charge is 0.162 e. The largest absolute Gasteiger partial charge is 0.494 e. The topological polar surface area (TPSA) is 52.3 Å². The van der Waals surface area contributed by atoms with Crippen molar-refractivity contribution in [3.05, 3.63) is 29.8 Å². The molecular weight excluding hydrogens is 250 g/mol. The van der Waals surface area contributed by atoms with Gasteiger partial charge in [-0.3, -0.25) is 4.79 Å². The number of Topliss-reactive ketones (excluding diaryl/α,β-unsaturated/α-hetero) is 1. The van der Waals surface area contributed by atoms with Gasteiger partial charge in [-0.05, 0) is 55.5 Å². The Balaban J connectivity index is 2.51. The van der Waals surface area contributed by atoms with E-state index in [9.17, 15) is 4.79 Å². The monoisotopic (exact) mass is 277 g/mol. The highest BCUT2D eigenvalue weighted by atomic mass is 16.5. The zero-order valence-electron chi connectivity index (χ0n) is 12.9. The molecule has 0 radical (unpaired) electrons. The molecule has 0 aliphatic heterocycles. The van der Waals surface area contributed by atoms with Crippen molar-refractivity contribution in [2.24, 2.45) is 11.1 Å². The van der Waals surface area contributed by atoms with Gasteiger partial charge in [-0.2, -0.15) is 0 Å². The first-order valence-corrected chi connectivity index (χ1v) is 7.44. The van der Waals surface area contributed by atoms with Gasteiger partial charge in [0, 0.05) is 12.0 Å². The minimum Gasteiger partial charge on any atom is -0.494 e. The lowest BCUT2D eigenvalue weighted by molar-refractivity contribution is 0.0961. The maximum absolute atomic E-state index is 12.1. The second-order valence-electron chi connectivity index (χ2n) is 6.00. The number of hydrogen-bond acceptors (Lipinski definition) is 3. The first-order chi connectivity index (χ1) is 9.48. The number of ether oxygens (including phenoxy) is 1. The molecular formula is C17H27NO2. The van der Waals surface area contributed by atoms with E-state index >= 15 is 0 Å². The summed E-state index contributed by atoms with van der Waals surface area (Å²) in [6.07, 6.45) is 3.38. The predicted molar refractivity (Wildman–Crippen MR) is 83.2 cm³/mol. The SMILES string of the molecule is CCCOc1ccc(C(=O)CCC(C)(C)CCN)cc1. The third-order valence-electron chi connectivity index (χ3n) is 3.50. The summed E-state index contributed by atoms with van der Waals surface area (Å²) in [4.78, 5) is 12.1. The number of carbonyl (C=O) groups is 1. The van der Waals surface area contributed by atoms with E-state index < -0.39 is 0 Å². The van der Waals surface area contributed by atoms with Gasteiger partial charge in [0.25, 0.3) is 0 Å². The molecule has 0 bridgehead atoms. The van der Waals surface area contributed by atoms with Gasteiger partial charge < -0.3 is 10.5 Å². The van der Waals surface area contributed by atoms with Gasteiger partial charge in [-0.1, -0.05) is 20.8 Å². The first-order valence-electron chi connectivity index (χ1n) is 7.44. The van der Waals surface area contributed by atoms with E-state index in [0.717, 1.165) is 30.6 Å². The molecule has 112 valence electrons. The van der Waals surface area contributed by atoms with Gasteiger partial charge >= 0.3 is 0 Å². The van der Waals surface area contributed by atoms with Crippen LogP contribution in [0.1, 0.15) is 56.8 Å². The standard InChI is InChI=1S/C17H27NO2/c1-4-13-20-15-7-5-14(6-8-15)16(19)9-10-17(2,3)11-12-18/h5-8H,4,9-13,18H2,1-3H3. The van der Waals surface area contributed by atoms with E-state index in [4.69, 9.17) is 10.5 Å². The van der Waals surface area contributed by atoms with Crippen LogP contribution in [0, 0.1) is 5.41 Å². The molecule has 0 atom stereocenters. The zero-order chi connectivity index (χ0) is 15.0. The maximum atomic E-state index is 12.1. The summed E-state index contributed by atoms with van der Waals surface area (Å²) in [6, 6.07) is 7.44. The van der Waals surface area contributed by atoms with Crippen molar-refractivity contribution in [1.82, 2.24) is 0 Å². The van der Waals surface area contributed by atoms with Crippen molar-refractivity contribution < 1.29 is 9.53 Å². The van der Waals surface area contributed by atoms with Crippen molar-refractivity contribution >= 4 is 5.78 Å². The second-order valence-corrected chi connectivity index (χ2v) is 6.00. The second kappa shape index (κ2) is 8.05. The summed E-state index contributed by atoms with van der Waals surface area (Å²) in [5.41, 5.74) is 6.48. The zero-order valence-corrected chi connectivity index (χ0v) is 12.9. The molecule has 0 heterocycles. The van der Waals surface area contributed by atoms with Crippen LogP contribution >= 0.6 is 0 Å². The molecule has 0 aliphatic rings. The summed E-state index contributed by atoms with van der Waals surface area (Å²) < 4.78 is 5.51. The molecule has 3 heteroatoms.